The minimum Gasteiger partial charge on any atom is -0.377 e. The maximum absolute atomic E-state index is 13.3. The van der Waals surface area contributed by atoms with Crippen molar-refractivity contribution in [3.8, 4) is 0 Å². The van der Waals surface area contributed by atoms with Crippen molar-refractivity contribution in [2.75, 3.05) is 10.6 Å². The number of aromatic nitrogens is 1. The Hall–Kier alpha value is -2.92. The van der Waals surface area contributed by atoms with Crippen LogP contribution in [0.25, 0.3) is 0 Å². The van der Waals surface area contributed by atoms with Crippen molar-refractivity contribution in [1.29, 1.82) is 0 Å². The molecule has 0 spiro atoms. The number of fused-ring (bicyclic) bond motifs is 2. The van der Waals surface area contributed by atoms with E-state index in [0.717, 1.165) is 17.3 Å². The molecule has 0 bridgehead atoms. The zero-order valence-corrected chi connectivity index (χ0v) is 14.6. The second-order valence-corrected chi connectivity index (χ2v) is 6.52. The van der Waals surface area contributed by atoms with Gasteiger partial charge in [-0.1, -0.05) is 23.7 Å². The number of benzene rings is 2. The molecule has 26 heavy (non-hydrogen) atoms. The van der Waals surface area contributed by atoms with Crippen LogP contribution in [0.2, 0.25) is 5.02 Å². The number of hydrogen-bond donors (Lipinski definition) is 2. The average Bonchev–Trinajstić information content (AvgIpc) is 2.77. The summed E-state index contributed by atoms with van der Waals surface area (Å²) < 4.78 is 13.3. The number of hydrogen-bond acceptors (Lipinski definition) is 4. The van der Waals surface area contributed by atoms with Gasteiger partial charge in [0.1, 0.15) is 11.6 Å². The molecule has 3 aromatic rings. The highest BCUT2D eigenvalue weighted by atomic mass is 35.5. The third-order valence-electron chi connectivity index (χ3n) is 4.41. The van der Waals surface area contributed by atoms with E-state index in [9.17, 15) is 9.18 Å². The highest BCUT2D eigenvalue weighted by Crippen LogP contribution is 2.38. The standard InChI is InChI=1S/C20H15ClFN3O/c1-11-13-5-3-9-23-20(13)25-18-15(4-2-6-17(18)24-11)19(26)14-8-7-12(22)10-16(14)21/h2-11,24H,1H3,(H,23,25). The first kappa shape index (κ1) is 16.5. The van der Waals surface area contributed by atoms with E-state index >= 15 is 0 Å². The predicted molar refractivity (Wildman–Crippen MR) is 101 cm³/mol. The number of halogens is 2. The predicted octanol–water partition coefficient (Wildman–Crippen LogP) is 5.34. The van der Waals surface area contributed by atoms with Gasteiger partial charge < -0.3 is 10.6 Å². The lowest BCUT2D eigenvalue weighted by Crippen LogP contribution is -2.08. The fraction of sp³-hybridized carbons (Fsp3) is 0.100. The largest absolute Gasteiger partial charge is 0.377 e. The van der Waals surface area contributed by atoms with Crippen LogP contribution in [0.4, 0.5) is 21.6 Å². The second-order valence-electron chi connectivity index (χ2n) is 6.11. The van der Waals surface area contributed by atoms with Crippen LogP contribution < -0.4 is 10.6 Å². The number of carbonyl (C=O) groups excluding carboxylic acids is 1. The molecule has 2 N–H and O–H groups in total. The van der Waals surface area contributed by atoms with E-state index in [-0.39, 0.29) is 22.4 Å². The van der Waals surface area contributed by atoms with E-state index in [2.05, 4.69) is 15.6 Å². The minimum absolute atomic E-state index is 0.0206. The van der Waals surface area contributed by atoms with Crippen LogP contribution in [-0.4, -0.2) is 10.8 Å². The molecule has 0 saturated carbocycles. The molecule has 4 rings (SSSR count). The molecule has 4 nitrogen and oxygen atoms in total. The summed E-state index contributed by atoms with van der Waals surface area (Å²) in [5.41, 5.74) is 3.11. The van der Waals surface area contributed by atoms with Gasteiger partial charge in [0.05, 0.1) is 22.4 Å². The summed E-state index contributed by atoms with van der Waals surface area (Å²) in [6, 6.07) is 13.1. The summed E-state index contributed by atoms with van der Waals surface area (Å²) in [5.74, 6) is -0.0740. The van der Waals surface area contributed by atoms with Gasteiger partial charge in [-0.15, -0.1) is 0 Å². The summed E-state index contributed by atoms with van der Waals surface area (Å²) in [5, 5.41) is 6.76. The summed E-state index contributed by atoms with van der Waals surface area (Å²) in [4.78, 5) is 17.5. The van der Waals surface area contributed by atoms with Crippen molar-refractivity contribution in [3.05, 3.63) is 82.3 Å². The molecular formula is C20H15ClFN3O. The van der Waals surface area contributed by atoms with Gasteiger partial charge in [-0.3, -0.25) is 4.79 Å². The first-order chi connectivity index (χ1) is 12.5. The highest BCUT2D eigenvalue weighted by molar-refractivity contribution is 6.35. The van der Waals surface area contributed by atoms with Crippen molar-refractivity contribution in [3.63, 3.8) is 0 Å². The van der Waals surface area contributed by atoms with Crippen LogP contribution in [-0.2, 0) is 0 Å². The molecule has 0 radical (unpaired) electrons. The molecular weight excluding hydrogens is 353 g/mol. The summed E-state index contributed by atoms with van der Waals surface area (Å²) in [6.07, 6.45) is 1.70. The van der Waals surface area contributed by atoms with Crippen LogP contribution in [0, 0.1) is 5.82 Å². The minimum atomic E-state index is -0.481. The van der Waals surface area contributed by atoms with Gasteiger partial charge in [0.15, 0.2) is 5.78 Å². The SMILES string of the molecule is CC1Nc2cccc(C(=O)c3ccc(F)cc3Cl)c2Nc2ncccc21. The van der Waals surface area contributed by atoms with Gasteiger partial charge in [0, 0.05) is 22.9 Å². The zero-order valence-electron chi connectivity index (χ0n) is 13.9. The first-order valence-corrected chi connectivity index (χ1v) is 8.53. The van der Waals surface area contributed by atoms with E-state index in [1.54, 1.807) is 18.3 Å². The van der Waals surface area contributed by atoms with Crippen LogP contribution in [0.5, 0.6) is 0 Å². The molecule has 0 saturated heterocycles. The molecule has 2 heterocycles. The number of rotatable bonds is 2. The highest BCUT2D eigenvalue weighted by Gasteiger charge is 2.24. The van der Waals surface area contributed by atoms with Crippen molar-refractivity contribution in [2.45, 2.75) is 13.0 Å². The Morgan fingerprint density at radius 3 is 2.81 bits per heavy atom. The fourth-order valence-electron chi connectivity index (χ4n) is 3.12. The van der Waals surface area contributed by atoms with E-state index in [4.69, 9.17) is 11.6 Å². The lowest BCUT2D eigenvalue weighted by atomic mass is 10.0. The van der Waals surface area contributed by atoms with Gasteiger partial charge in [0.2, 0.25) is 0 Å². The van der Waals surface area contributed by atoms with Crippen LogP contribution in [0.1, 0.15) is 34.5 Å². The maximum Gasteiger partial charge on any atom is 0.196 e. The number of carbonyl (C=O) groups is 1. The van der Waals surface area contributed by atoms with Gasteiger partial charge >= 0.3 is 0 Å². The number of nitrogens with one attached hydrogen (secondary N) is 2. The van der Waals surface area contributed by atoms with E-state index < -0.39 is 5.82 Å². The molecule has 1 aliphatic heterocycles. The average molecular weight is 368 g/mol. The number of pyridine rings is 1. The van der Waals surface area contributed by atoms with Crippen LogP contribution >= 0.6 is 11.6 Å². The Bertz CT molecular complexity index is 1020. The van der Waals surface area contributed by atoms with E-state index in [1.807, 2.05) is 25.1 Å². The van der Waals surface area contributed by atoms with Crippen LogP contribution in [0.3, 0.4) is 0 Å². The Morgan fingerprint density at radius 1 is 1.15 bits per heavy atom. The van der Waals surface area contributed by atoms with Crippen LogP contribution in [0.15, 0.2) is 54.7 Å². The van der Waals surface area contributed by atoms with Crippen molar-refractivity contribution >= 4 is 34.6 Å². The molecule has 1 atom stereocenters. The Kier molecular flexibility index (Phi) is 4.09. The topological polar surface area (TPSA) is 54.0 Å². The number of anilines is 3. The van der Waals surface area contributed by atoms with Gasteiger partial charge in [-0.05, 0) is 43.3 Å². The second kappa shape index (κ2) is 6.42. The molecule has 1 unspecified atom stereocenters. The summed E-state index contributed by atoms with van der Waals surface area (Å²) in [6.45, 7) is 2.03. The monoisotopic (exact) mass is 367 g/mol. The Balaban J connectivity index is 1.84. The van der Waals surface area contributed by atoms with Gasteiger partial charge in [-0.25, -0.2) is 9.37 Å². The molecule has 1 aliphatic rings. The fourth-order valence-corrected chi connectivity index (χ4v) is 3.37. The smallest absolute Gasteiger partial charge is 0.196 e. The Labute approximate surface area is 155 Å². The number of nitrogens with zero attached hydrogens (tertiary/aromatic N) is 1. The van der Waals surface area contributed by atoms with Crippen molar-refractivity contribution in [1.82, 2.24) is 4.98 Å². The van der Waals surface area contributed by atoms with E-state index in [1.165, 1.54) is 12.1 Å². The molecule has 6 heteroatoms. The molecule has 0 amide bonds. The van der Waals surface area contributed by atoms with E-state index in [0.29, 0.717) is 17.1 Å². The first-order valence-electron chi connectivity index (χ1n) is 8.16. The van der Waals surface area contributed by atoms with Gasteiger partial charge in [0.25, 0.3) is 0 Å². The number of ketones is 1. The van der Waals surface area contributed by atoms with Gasteiger partial charge in [-0.2, -0.15) is 0 Å². The Morgan fingerprint density at radius 2 is 2.00 bits per heavy atom. The quantitative estimate of drug-likeness (QED) is 0.601. The van der Waals surface area contributed by atoms with Crippen molar-refractivity contribution < 1.29 is 9.18 Å². The molecule has 2 aromatic carbocycles. The lowest BCUT2D eigenvalue weighted by Gasteiger charge is -2.15. The third-order valence-corrected chi connectivity index (χ3v) is 4.72. The third kappa shape index (κ3) is 2.80. The zero-order chi connectivity index (χ0) is 18.3. The maximum atomic E-state index is 13.3. The number of para-hydroxylation sites is 1. The molecule has 1 aromatic heterocycles. The molecule has 130 valence electrons. The molecule has 0 aliphatic carbocycles. The normalized spacial score (nSPS) is 15.1. The summed E-state index contributed by atoms with van der Waals surface area (Å²) >= 11 is 6.08. The summed E-state index contributed by atoms with van der Waals surface area (Å²) in [7, 11) is 0. The molecule has 0 fully saturated rings. The lowest BCUT2D eigenvalue weighted by molar-refractivity contribution is 0.103. The van der Waals surface area contributed by atoms with Crippen molar-refractivity contribution in [2.24, 2.45) is 0 Å².